The molecular weight excluding hydrogens is 393 g/mol. The Morgan fingerprint density at radius 1 is 1.07 bits per heavy atom. The number of esters is 1. The lowest BCUT2D eigenvalue weighted by atomic mass is 10.2. The average Bonchev–Trinajstić information content (AvgIpc) is 2.66. The predicted octanol–water partition coefficient (Wildman–Crippen LogP) is 3.73. The molecule has 0 radical (unpaired) electrons. The molecule has 1 amide bonds. The van der Waals surface area contributed by atoms with Gasteiger partial charge >= 0.3 is 5.97 Å². The molecule has 0 N–H and O–H groups in total. The molecule has 0 spiro atoms. The predicted molar refractivity (Wildman–Crippen MR) is 102 cm³/mol. The number of ether oxygens (including phenoxy) is 3. The van der Waals surface area contributed by atoms with E-state index < -0.39 is 5.97 Å². The monoisotopic (exact) mass is 409 g/mol. The molecule has 1 aliphatic rings. The molecule has 2 aromatic carbocycles. The van der Waals surface area contributed by atoms with E-state index in [1.54, 1.807) is 30.3 Å². The molecule has 0 aliphatic carbocycles. The number of halogens is 2. The molecule has 0 atom stereocenters. The number of hydrogen-bond acceptors (Lipinski definition) is 5. The van der Waals surface area contributed by atoms with E-state index in [2.05, 4.69) is 0 Å². The van der Waals surface area contributed by atoms with Crippen LogP contribution >= 0.6 is 23.2 Å². The second-order valence-electron chi connectivity index (χ2n) is 5.67. The highest BCUT2D eigenvalue weighted by Crippen LogP contribution is 2.32. The number of hydrogen-bond donors (Lipinski definition) is 0. The van der Waals surface area contributed by atoms with Gasteiger partial charge in [-0.05, 0) is 24.3 Å². The highest BCUT2D eigenvalue weighted by molar-refractivity contribution is 6.37. The second kappa shape index (κ2) is 8.97. The molecule has 8 heteroatoms. The van der Waals surface area contributed by atoms with Crippen LogP contribution in [-0.2, 0) is 14.3 Å². The maximum atomic E-state index is 12.1. The van der Waals surface area contributed by atoms with Crippen LogP contribution in [0.1, 0.15) is 6.42 Å². The summed E-state index contributed by atoms with van der Waals surface area (Å²) in [6.07, 6.45) is 0.0624. The Hall–Kier alpha value is -2.44. The summed E-state index contributed by atoms with van der Waals surface area (Å²) >= 11 is 12.0. The molecule has 0 fully saturated rings. The standard InChI is InChI=1S/C19H17Cl2NO5/c20-13-4-3-5-14(21)19(13)26-11-10-25-18(24)8-9-22-15-6-1-2-7-16(15)27-12-17(22)23/h1-7H,8-12H2. The average molecular weight is 410 g/mol. The van der Waals surface area contributed by atoms with E-state index in [9.17, 15) is 9.59 Å². The Morgan fingerprint density at radius 3 is 2.59 bits per heavy atom. The number of anilines is 1. The van der Waals surface area contributed by atoms with Gasteiger partial charge in [-0.1, -0.05) is 41.4 Å². The molecule has 6 nitrogen and oxygen atoms in total. The van der Waals surface area contributed by atoms with Crippen molar-refractivity contribution in [3.8, 4) is 11.5 Å². The van der Waals surface area contributed by atoms with Gasteiger partial charge in [-0.2, -0.15) is 0 Å². The number of fused-ring (bicyclic) bond motifs is 1. The number of carbonyl (C=O) groups excluding carboxylic acids is 2. The van der Waals surface area contributed by atoms with E-state index in [-0.39, 0.29) is 38.7 Å². The first kappa shape index (κ1) is 19.3. The fourth-order valence-electron chi connectivity index (χ4n) is 2.59. The third-order valence-corrected chi connectivity index (χ3v) is 4.45. The summed E-state index contributed by atoms with van der Waals surface area (Å²) in [7, 11) is 0. The number of benzene rings is 2. The first-order valence-corrected chi connectivity index (χ1v) is 9.06. The van der Waals surface area contributed by atoms with Crippen LogP contribution in [0, 0.1) is 0 Å². The summed E-state index contributed by atoms with van der Waals surface area (Å²) in [5.41, 5.74) is 0.651. The molecule has 27 heavy (non-hydrogen) atoms. The molecule has 0 bridgehead atoms. The SMILES string of the molecule is O=C(CCN1C(=O)COc2ccccc21)OCCOc1c(Cl)cccc1Cl. The smallest absolute Gasteiger partial charge is 0.307 e. The largest absolute Gasteiger partial charge is 0.487 e. The lowest BCUT2D eigenvalue weighted by molar-refractivity contribution is -0.144. The van der Waals surface area contributed by atoms with Crippen LogP contribution in [0.4, 0.5) is 5.69 Å². The van der Waals surface area contributed by atoms with Gasteiger partial charge < -0.3 is 19.1 Å². The highest BCUT2D eigenvalue weighted by Gasteiger charge is 2.25. The van der Waals surface area contributed by atoms with E-state index >= 15 is 0 Å². The van der Waals surface area contributed by atoms with Crippen LogP contribution in [-0.4, -0.2) is 38.2 Å². The summed E-state index contributed by atoms with van der Waals surface area (Å²) in [6.45, 7) is 0.344. The van der Waals surface area contributed by atoms with Gasteiger partial charge in [-0.25, -0.2) is 0 Å². The van der Waals surface area contributed by atoms with Crippen molar-refractivity contribution in [3.05, 3.63) is 52.5 Å². The zero-order chi connectivity index (χ0) is 19.2. The quantitative estimate of drug-likeness (QED) is 0.514. The minimum absolute atomic E-state index is 0.0432. The van der Waals surface area contributed by atoms with E-state index in [1.165, 1.54) is 4.90 Å². The van der Waals surface area contributed by atoms with Gasteiger partial charge in [0.15, 0.2) is 12.4 Å². The van der Waals surface area contributed by atoms with E-state index in [4.69, 9.17) is 37.4 Å². The minimum atomic E-state index is -0.430. The van der Waals surface area contributed by atoms with Gasteiger partial charge in [-0.3, -0.25) is 9.59 Å². The van der Waals surface area contributed by atoms with Crippen LogP contribution < -0.4 is 14.4 Å². The Kier molecular flexibility index (Phi) is 6.42. The lowest BCUT2D eigenvalue weighted by Gasteiger charge is -2.28. The van der Waals surface area contributed by atoms with E-state index in [1.807, 2.05) is 12.1 Å². The van der Waals surface area contributed by atoms with Gasteiger partial charge in [0, 0.05) is 6.54 Å². The maximum absolute atomic E-state index is 12.1. The number of nitrogens with zero attached hydrogens (tertiary/aromatic N) is 1. The summed E-state index contributed by atoms with van der Waals surface area (Å²) in [5.74, 6) is 0.349. The van der Waals surface area contributed by atoms with Crippen molar-refractivity contribution in [2.75, 3.05) is 31.3 Å². The van der Waals surface area contributed by atoms with Crippen LogP contribution in [0.25, 0.3) is 0 Å². The van der Waals surface area contributed by atoms with Crippen molar-refractivity contribution in [1.82, 2.24) is 0 Å². The van der Waals surface area contributed by atoms with Gasteiger partial charge in [0.25, 0.3) is 5.91 Å². The Labute approximate surface area is 166 Å². The summed E-state index contributed by atoms with van der Waals surface area (Å²) in [5, 5.41) is 0.775. The number of carbonyl (C=O) groups is 2. The zero-order valence-corrected chi connectivity index (χ0v) is 15.8. The Bertz CT molecular complexity index is 822. The summed E-state index contributed by atoms with van der Waals surface area (Å²) in [4.78, 5) is 25.5. The molecule has 0 saturated heterocycles. The molecular formula is C19H17Cl2NO5. The van der Waals surface area contributed by atoms with Gasteiger partial charge in [0.05, 0.1) is 22.2 Å². The van der Waals surface area contributed by atoms with Gasteiger partial charge in [-0.15, -0.1) is 0 Å². The van der Waals surface area contributed by atoms with Crippen molar-refractivity contribution < 1.29 is 23.8 Å². The van der Waals surface area contributed by atoms with Crippen molar-refractivity contribution in [1.29, 1.82) is 0 Å². The van der Waals surface area contributed by atoms with Gasteiger partial charge in [0.2, 0.25) is 0 Å². The lowest BCUT2D eigenvalue weighted by Crippen LogP contribution is -2.40. The van der Waals surface area contributed by atoms with Crippen molar-refractivity contribution in [2.45, 2.75) is 6.42 Å². The number of amides is 1. The zero-order valence-electron chi connectivity index (χ0n) is 14.3. The summed E-state index contributed by atoms with van der Waals surface area (Å²) in [6, 6.07) is 12.2. The molecule has 142 valence electrons. The maximum Gasteiger partial charge on any atom is 0.307 e. The van der Waals surface area contributed by atoms with Crippen LogP contribution in [0.2, 0.25) is 10.0 Å². The van der Waals surface area contributed by atoms with Crippen LogP contribution in [0.5, 0.6) is 11.5 Å². The Morgan fingerprint density at radius 2 is 1.81 bits per heavy atom. The second-order valence-corrected chi connectivity index (χ2v) is 6.49. The molecule has 0 aromatic heterocycles. The van der Waals surface area contributed by atoms with E-state index in [0.717, 1.165) is 0 Å². The molecule has 0 unspecified atom stereocenters. The number of para-hydroxylation sites is 3. The number of rotatable bonds is 7. The third kappa shape index (κ3) is 4.84. The van der Waals surface area contributed by atoms with E-state index in [0.29, 0.717) is 27.2 Å². The fourth-order valence-corrected chi connectivity index (χ4v) is 3.10. The molecule has 2 aromatic rings. The van der Waals surface area contributed by atoms with Crippen molar-refractivity contribution in [2.24, 2.45) is 0 Å². The fraction of sp³-hybridized carbons (Fsp3) is 0.263. The van der Waals surface area contributed by atoms with Crippen LogP contribution in [0.3, 0.4) is 0 Å². The first-order chi connectivity index (χ1) is 13.1. The molecule has 1 aliphatic heterocycles. The van der Waals surface area contributed by atoms with Gasteiger partial charge in [0.1, 0.15) is 19.0 Å². The molecule has 1 heterocycles. The Balaban J connectivity index is 1.45. The first-order valence-electron chi connectivity index (χ1n) is 8.31. The van der Waals surface area contributed by atoms with Crippen LogP contribution in [0.15, 0.2) is 42.5 Å². The van der Waals surface area contributed by atoms with Crippen molar-refractivity contribution >= 4 is 40.8 Å². The minimum Gasteiger partial charge on any atom is -0.487 e. The van der Waals surface area contributed by atoms with Crippen molar-refractivity contribution in [3.63, 3.8) is 0 Å². The normalized spacial score (nSPS) is 13.0. The highest BCUT2D eigenvalue weighted by atomic mass is 35.5. The summed E-state index contributed by atoms with van der Waals surface area (Å²) < 4.78 is 16.0. The molecule has 3 rings (SSSR count). The third-order valence-electron chi connectivity index (χ3n) is 3.86. The molecule has 0 saturated carbocycles. The topological polar surface area (TPSA) is 65.1 Å².